The van der Waals surface area contributed by atoms with Gasteiger partial charge in [-0.1, -0.05) is 29.8 Å². The lowest BCUT2D eigenvalue weighted by atomic mass is 10.1. The Morgan fingerprint density at radius 3 is 2.50 bits per heavy atom. The molecule has 0 spiro atoms. The third-order valence-electron chi connectivity index (χ3n) is 4.06. The number of nitrogens with one attached hydrogen (secondary N) is 2. The largest absolute Gasteiger partial charge is 0.495 e. The van der Waals surface area contributed by atoms with E-state index in [0.29, 0.717) is 27.7 Å². The SMILES string of the molecule is COc1ccccc1NC(=O)c1cc(C(=O)Nc2cc(Cl)ccc2C)ccn1. The fourth-order valence-electron chi connectivity index (χ4n) is 2.55. The monoisotopic (exact) mass is 395 g/mol. The zero-order valence-corrected chi connectivity index (χ0v) is 16.1. The second-order valence-corrected chi connectivity index (χ2v) is 6.43. The van der Waals surface area contributed by atoms with E-state index in [1.54, 1.807) is 36.4 Å². The molecule has 0 aliphatic carbocycles. The van der Waals surface area contributed by atoms with E-state index in [4.69, 9.17) is 16.3 Å². The number of benzene rings is 2. The van der Waals surface area contributed by atoms with E-state index in [1.807, 2.05) is 13.0 Å². The fourth-order valence-corrected chi connectivity index (χ4v) is 2.73. The van der Waals surface area contributed by atoms with Gasteiger partial charge in [0, 0.05) is 22.5 Å². The molecule has 2 amide bonds. The smallest absolute Gasteiger partial charge is 0.274 e. The average molecular weight is 396 g/mol. The van der Waals surface area contributed by atoms with Crippen molar-refractivity contribution in [3.63, 3.8) is 0 Å². The summed E-state index contributed by atoms with van der Waals surface area (Å²) in [6.07, 6.45) is 1.41. The van der Waals surface area contributed by atoms with Gasteiger partial charge in [-0.3, -0.25) is 14.6 Å². The molecule has 0 saturated heterocycles. The summed E-state index contributed by atoms with van der Waals surface area (Å²) in [5, 5.41) is 6.05. The predicted octanol–water partition coefficient (Wildman–Crippen LogP) is 4.56. The van der Waals surface area contributed by atoms with Crippen LogP contribution in [-0.4, -0.2) is 23.9 Å². The number of halogens is 1. The van der Waals surface area contributed by atoms with Crippen LogP contribution < -0.4 is 15.4 Å². The van der Waals surface area contributed by atoms with Crippen molar-refractivity contribution in [1.29, 1.82) is 0 Å². The molecular formula is C21H18ClN3O3. The minimum absolute atomic E-state index is 0.112. The molecule has 0 fully saturated rings. The Bertz CT molecular complexity index is 1040. The lowest BCUT2D eigenvalue weighted by Gasteiger charge is -2.11. The first-order chi connectivity index (χ1) is 13.5. The molecule has 142 valence electrons. The van der Waals surface area contributed by atoms with Gasteiger partial charge in [-0.15, -0.1) is 0 Å². The molecule has 2 N–H and O–H groups in total. The first kappa shape index (κ1) is 19.4. The molecule has 0 radical (unpaired) electrons. The Kier molecular flexibility index (Phi) is 5.91. The van der Waals surface area contributed by atoms with Crippen molar-refractivity contribution in [3.8, 4) is 5.75 Å². The summed E-state index contributed by atoms with van der Waals surface area (Å²) in [7, 11) is 1.52. The molecule has 0 unspecified atom stereocenters. The van der Waals surface area contributed by atoms with Gasteiger partial charge >= 0.3 is 0 Å². The second-order valence-electron chi connectivity index (χ2n) is 6.00. The number of hydrogen-bond donors (Lipinski definition) is 2. The van der Waals surface area contributed by atoms with E-state index in [0.717, 1.165) is 5.56 Å². The summed E-state index contributed by atoms with van der Waals surface area (Å²) >= 11 is 5.99. The molecular weight excluding hydrogens is 378 g/mol. The van der Waals surface area contributed by atoms with Gasteiger partial charge in [-0.05, 0) is 48.9 Å². The average Bonchev–Trinajstić information content (AvgIpc) is 2.71. The number of anilines is 2. The maximum atomic E-state index is 12.6. The molecule has 0 aliphatic rings. The van der Waals surface area contributed by atoms with E-state index in [2.05, 4.69) is 15.6 Å². The van der Waals surface area contributed by atoms with Crippen LogP contribution in [-0.2, 0) is 0 Å². The normalized spacial score (nSPS) is 10.2. The van der Waals surface area contributed by atoms with Crippen LogP contribution in [0.15, 0.2) is 60.8 Å². The van der Waals surface area contributed by atoms with Gasteiger partial charge in [0.25, 0.3) is 11.8 Å². The Morgan fingerprint density at radius 1 is 0.964 bits per heavy atom. The number of ether oxygens (including phenoxy) is 1. The van der Waals surface area contributed by atoms with Crippen LogP contribution in [0.3, 0.4) is 0 Å². The van der Waals surface area contributed by atoms with Gasteiger partial charge in [0.05, 0.1) is 12.8 Å². The first-order valence-electron chi connectivity index (χ1n) is 8.46. The van der Waals surface area contributed by atoms with E-state index in [-0.39, 0.29) is 11.6 Å². The highest BCUT2D eigenvalue weighted by atomic mass is 35.5. The number of rotatable bonds is 5. The van der Waals surface area contributed by atoms with Gasteiger partial charge in [-0.2, -0.15) is 0 Å². The summed E-state index contributed by atoms with van der Waals surface area (Å²) in [6, 6.07) is 15.2. The highest BCUT2D eigenvalue weighted by molar-refractivity contribution is 6.31. The third kappa shape index (κ3) is 4.47. The number of carbonyl (C=O) groups is 2. The maximum absolute atomic E-state index is 12.6. The number of aryl methyl sites for hydroxylation is 1. The molecule has 2 aromatic carbocycles. The second kappa shape index (κ2) is 8.54. The molecule has 1 heterocycles. The zero-order valence-electron chi connectivity index (χ0n) is 15.3. The number of carbonyl (C=O) groups excluding carboxylic acids is 2. The number of hydrogen-bond acceptors (Lipinski definition) is 4. The van der Waals surface area contributed by atoms with E-state index in [1.165, 1.54) is 25.4 Å². The number of para-hydroxylation sites is 2. The van der Waals surface area contributed by atoms with E-state index in [9.17, 15) is 9.59 Å². The van der Waals surface area contributed by atoms with E-state index >= 15 is 0 Å². The van der Waals surface area contributed by atoms with Gasteiger partial charge in [0.2, 0.25) is 0 Å². The van der Waals surface area contributed by atoms with E-state index < -0.39 is 5.91 Å². The van der Waals surface area contributed by atoms with Gasteiger partial charge in [-0.25, -0.2) is 0 Å². The molecule has 3 aromatic rings. The third-order valence-corrected chi connectivity index (χ3v) is 4.29. The topological polar surface area (TPSA) is 80.3 Å². The number of pyridine rings is 1. The van der Waals surface area contributed by atoms with Crippen molar-refractivity contribution in [2.45, 2.75) is 6.92 Å². The van der Waals surface area contributed by atoms with Crippen molar-refractivity contribution in [2.24, 2.45) is 0 Å². The van der Waals surface area contributed by atoms with Crippen LogP contribution in [0.25, 0.3) is 0 Å². The van der Waals surface area contributed by atoms with Crippen LogP contribution in [0.4, 0.5) is 11.4 Å². The number of methoxy groups -OCH3 is 1. The molecule has 28 heavy (non-hydrogen) atoms. The quantitative estimate of drug-likeness (QED) is 0.663. The van der Waals surface area contributed by atoms with Crippen LogP contribution >= 0.6 is 11.6 Å². The number of amides is 2. The molecule has 1 aromatic heterocycles. The number of aromatic nitrogens is 1. The summed E-state index contributed by atoms with van der Waals surface area (Å²) in [4.78, 5) is 29.2. The Labute approximate surface area is 167 Å². The highest BCUT2D eigenvalue weighted by Crippen LogP contribution is 2.24. The Hall–Kier alpha value is -3.38. The predicted molar refractivity (Wildman–Crippen MR) is 109 cm³/mol. The molecule has 3 rings (SSSR count). The number of nitrogens with zero attached hydrogens (tertiary/aromatic N) is 1. The van der Waals surface area contributed by atoms with Crippen molar-refractivity contribution < 1.29 is 14.3 Å². The standard InChI is InChI=1S/C21H18ClN3O3/c1-13-7-8-15(22)12-17(13)25-20(26)14-9-10-23-18(11-14)21(27)24-16-5-3-4-6-19(16)28-2/h3-12H,1-2H3,(H,24,27)(H,25,26). The summed E-state index contributed by atoms with van der Waals surface area (Å²) in [5.41, 5.74) is 2.41. The molecule has 0 atom stereocenters. The molecule has 6 nitrogen and oxygen atoms in total. The lowest BCUT2D eigenvalue weighted by Crippen LogP contribution is -2.17. The van der Waals surface area contributed by atoms with Gasteiger partial charge < -0.3 is 15.4 Å². The zero-order chi connectivity index (χ0) is 20.1. The van der Waals surface area contributed by atoms with Crippen LogP contribution in [0.2, 0.25) is 5.02 Å². The molecule has 0 aliphatic heterocycles. The summed E-state index contributed by atoms with van der Waals surface area (Å²) < 4.78 is 5.22. The van der Waals surface area contributed by atoms with Crippen molar-refractivity contribution in [3.05, 3.63) is 82.6 Å². The van der Waals surface area contributed by atoms with Gasteiger partial charge in [0.15, 0.2) is 0 Å². The minimum Gasteiger partial charge on any atom is -0.495 e. The highest BCUT2D eigenvalue weighted by Gasteiger charge is 2.14. The van der Waals surface area contributed by atoms with Crippen LogP contribution in [0, 0.1) is 6.92 Å². The molecule has 7 heteroatoms. The first-order valence-corrected chi connectivity index (χ1v) is 8.83. The fraction of sp³-hybridized carbons (Fsp3) is 0.0952. The van der Waals surface area contributed by atoms with Crippen LogP contribution in [0.1, 0.15) is 26.4 Å². The minimum atomic E-state index is -0.446. The molecule has 0 saturated carbocycles. The maximum Gasteiger partial charge on any atom is 0.274 e. The van der Waals surface area contributed by atoms with Crippen molar-refractivity contribution >= 4 is 34.8 Å². The van der Waals surface area contributed by atoms with Gasteiger partial charge in [0.1, 0.15) is 11.4 Å². The Morgan fingerprint density at radius 2 is 1.71 bits per heavy atom. The van der Waals surface area contributed by atoms with Crippen molar-refractivity contribution in [2.75, 3.05) is 17.7 Å². The summed E-state index contributed by atoms with van der Waals surface area (Å²) in [5.74, 6) is -0.279. The lowest BCUT2D eigenvalue weighted by molar-refractivity contribution is 0.102. The molecule has 0 bridgehead atoms. The van der Waals surface area contributed by atoms with Crippen molar-refractivity contribution in [1.82, 2.24) is 4.98 Å². The Balaban J connectivity index is 1.78. The van der Waals surface area contributed by atoms with Crippen LogP contribution in [0.5, 0.6) is 5.75 Å². The summed E-state index contributed by atoms with van der Waals surface area (Å²) in [6.45, 7) is 1.87.